The van der Waals surface area contributed by atoms with Crippen molar-refractivity contribution in [3.8, 4) is 0 Å². The van der Waals surface area contributed by atoms with Crippen LogP contribution in [0.3, 0.4) is 0 Å². The Morgan fingerprint density at radius 2 is 2.12 bits per heavy atom. The van der Waals surface area contributed by atoms with E-state index in [1.165, 1.54) is 18.2 Å². The van der Waals surface area contributed by atoms with Gasteiger partial charge in [-0.3, -0.25) is 9.48 Å². The summed E-state index contributed by atoms with van der Waals surface area (Å²) in [6.07, 6.45) is -2.91. The Morgan fingerprint density at radius 1 is 1.31 bits per heavy atom. The lowest BCUT2D eigenvalue weighted by atomic mass is 10.2. The molecule has 26 heavy (non-hydrogen) atoms. The van der Waals surface area contributed by atoms with Gasteiger partial charge in [0.2, 0.25) is 5.82 Å². The zero-order chi connectivity index (χ0) is 18.5. The molecule has 1 aliphatic rings. The highest BCUT2D eigenvalue weighted by atomic mass is 19.4. The number of halogens is 3. The van der Waals surface area contributed by atoms with Crippen molar-refractivity contribution in [2.24, 2.45) is 0 Å². The highest BCUT2D eigenvalue weighted by Crippen LogP contribution is 2.29. The predicted octanol–water partition coefficient (Wildman–Crippen LogP) is 1.93. The molecule has 2 N–H and O–H groups in total. The fourth-order valence-electron chi connectivity index (χ4n) is 3.10. The van der Waals surface area contributed by atoms with Crippen molar-refractivity contribution < 1.29 is 23.1 Å². The minimum Gasteiger partial charge on any atom is -0.394 e. The lowest BCUT2D eigenvalue weighted by molar-refractivity contribution is -0.144. The molecule has 0 saturated heterocycles. The van der Waals surface area contributed by atoms with E-state index >= 15 is 0 Å². The second-order valence-electron chi connectivity index (χ2n) is 6.04. The molecular formula is C16H14F3N5O2. The number of hydrogen-bond donors (Lipinski definition) is 2. The first kappa shape index (κ1) is 16.6. The number of carbonyl (C=O) groups is 1. The number of aliphatic hydroxyl groups excluding tert-OH is 1. The minimum absolute atomic E-state index is 0.0555. The predicted molar refractivity (Wildman–Crippen MR) is 84.0 cm³/mol. The van der Waals surface area contributed by atoms with E-state index in [4.69, 9.17) is 5.11 Å². The van der Waals surface area contributed by atoms with Crippen LogP contribution >= 0.6 is 0 Å². The minimum atomic E-state index is -4.57. The van der Waals surface area contributed by atoms with Gasteiger partial charge < -0.3 is 15.0 Å². The van der Waals surface area contributed by atoms with Crippen molar-refractivity contribution in [3.63, 3.8) is 0 Å². The zero-order valence-corrected chi connectivity index (χ0v) is 13.4. The van der Waals surface area contributed by atoms with Gasteiger partial charge in [0.1, 0.15) is 0 Å². The van der Waals surface area contributed by atoms with E-state index in [0.29, 0.717) is 19.6 Å². The topological polar surface area (TPSA) is 87.0 Å². The van der Waals surface area contributed by atoms with Crippen molar-refractivity contribution in [2.45, 2.75) is 25.8 Å². The molecule has 1 aliphatic heterocycles. The van der Waals surface area contributed by atoms with Gasteiger partial charge in [-0.15, -0.1) is 0 Å². The zero-order valence-electron chi connectivity index (χ0n) is 13.4. The van der Waals surface area contributed by atoms with E-state index < -0.39 is 12.0 Å². The average molecular weight is 365 g/mol. The van der Waals surface area contributed by atoms with Crippen LogP contribution in [0.1, 0.15) is 27.4 Å². The largest absolute Gasteiger partial charge is 0.449 e. The first-order valence-corrected chi connectivity index (χ1v) is 7.87. The molecule has 0 spiro atoms. The molecule has 0 aliphatic carbocycles. The third-order valence-corrected chi connectivity index (χ3v) is 4.33. The Morgan fingerprint density at radius 3 is 2.85 bits per heavy atom. The Hall–Kier alpha value is -2.88. The van der Waals surface area contributed by atoms with Crippen LogP contribution in [-0.2, 0) is 25.8 Å². The van der Waals surface area contributed by atoms with Crippen LogP contribution in [0.5, 0.6) is 0 Å². The van der Waals surface area contributed by atoms with E-state index in [1.54, 1.807) is 15.8 Å². The lowest BCUT2D eigenvalue weighted by Gasteiger charge is -2.16. The molecule has 3 heterocycles. The summed E-state index contributed by atoms with van der Waals surface area (Å²) in [6, 6.07) is 4.24. The molecule has 10 heteroatoms. The summed E-state index contributed by atoms with van der Waals surface area (Å²) >= 11 is 0. The third kappa shape index (κ3) is 2.71. The van der Waals surface area contributed by atoms with Crippen LogP contribution in [0.25, 0.3) is 11.0 Å². The molecule has 0 saturated carbocycles. The number of rotatable bonds is 3. The molecule has 2 aromatic heterocycles. The van der Waals surface area contributed by atoms with Crippen molar-refractivity contribution in [2.75, 3.05) is 6.61 Å². The van der Waals surface area contributed by atoms with Gasteiger partial charge in [0.25, 0.3) is 5.91 Å². The van der Waals surface area contributed by atoms with Crippen molar-refractivity contribution in [3.05, 3.63) is 47.0 Å². The van der Waals surface area contributed by atoms with Gasteiger partial charge >= 0.3 is 6.18 Å². The molecule has 1 aromatic carbocycles. The van der Waals surface area contributed by atoms with Gasteiger partial charge in [-0.1, -0.05) is 0 Å². The first-order valence-electron chi connectivity index (χ1n) is 7.87. The van der Waals surface area contributed by atoms with Gasteiger partial charge in [-0.25, -0.2) is 4.98 Å². The number of aromatic amines is 1. The van der Waals surface area contributed by atoms with Crippen LogP contribution in [0.15, 0.2) is 24.4 Å². The molecule has 0 unspecified atom stereocenters. The van der Waals surface area contributed by atoms with E-state index in [0.717, 1.165) is 11.3 Å². The summed E-state index contributed by atoms with van der Waals surface area (Å²) in [6.45, 7) is 0.995. The van der Waals surface area contributed by atoms with Crippen LogP contribution in [-0.4, -0.2) is 42.3 Å². The average Bonchev–Trinajstić information content (AvgIpc) is 3.27. The van der Waals surface area contributed by atoms with Crippen LogP contribution in [0.2, 0.25) is 0 Å². The number of alkyl halides is 3. The standard InChI is InChI=1S/C16H14F3N5O2/c17-16(18,19)15-21-11-2-1-9(5-12(11)22-15)14(26)23-7-10-6-20-24(3-4-25)13(10)8-23/h1-2,5-6,25H,3-4,7-8H2,(H,21,22). The molecule has 3 aromatic rings. The molecule has 4 rings (SSSR count). The summed E-state index contributed by atoms with van der Waals surface area (Å²) in [5, 5.41) is 13.2. The number of amides is 1. The highest BCUT2D eigenvalue weighted by Gasteiger charge is 2.35. The number of fused-ring (bicyclic) bond motifs is 2. The summed E-state index contributed by atoms with van der Waals surface area (Å²) < 4.78 is 39.9. The van der Waals surface area contributed by atoms with E-state index in [2.05, 4.69) is 15.1 Å². The van der Waals surface area contributed by atoms with E-state index in [1.807, 2.05) is 0 Å². The summed E-state index contributed by atoms with van der Waals surface area (Å²) in [7, 11) is 0. The molecule has 136 valence electrons. The fourth-order valence-corrected chi connectivity index (χ4v) is 3.10. The lowest BCUT2D eigenvalue weighted by Crippen LogP contribution is -2.26. The number of hydrogen-bond acceptors (Lipinski definition) is 4. The van der Waals surface area contributed by atoms with Crippen molar-refractivity contribution >= 4 is 16.9 Å². The van der Waals surface area contributed by atoms with Crippen LogP contribution < -0.4 is 0 Å². The van der Waals surface area contributed by atoms with Gasteiger partial charge in [0.15, 0.2) is 0 Å². The number of nitrogens with zero attached hydrogens (tertiary/aromatic N) is 4. The maximum absolute atomic E-state index is 12.8. The number of H-pyrrole nitrogens is 1. The Balaban J connectivity index is 1.59. The summed E-state index contributed by atoms with van der Waals surface area (Å²) in [4.78, 5) is 20.0. The van der Waals surface area contributed by atoms with Crippen LogP contribution in [0, 0.1) is 0 Å². The second-order valence-corrected chi connectivity index (χ2v) is 6.04. The molecule has 0 fully saturated rings. The number of nitrogens with one attached hydrogen (secondary N) is 1. The van der Waals surface area contributed by atoms with Crippen LogP contribution in [0.4, 0.5) is 13.2 Å². The smallest absolute Gasteiger partial charge is 0.394 e. The van der Waals surface area contributed by atoms with Gasteiger partial charge in [0, 0.05) is 17.7 Å². The molecule has 0 atom stereocenters. The quantitative estimate of drug-likeness (QED) is 0.743. The van der Waals surface area contributed by atoms with E-state index in [9.17, 15) is 18.0 Å². The molecule has 7 nitrogen and oxygen atoms in total. The monoisotopic (exact) mass is 365 g/mol. The SMILES string of the molecule is O=C(c1ccc2nc(C(F)(F)F)[nH]c2c1)N1Cc2cnn(CCO)c2C1. The van der Waals surface area contributed by atoms with Gasteiger partial charge in [0.05, 0.1) is 42.6 Å². The van der Waals surface area contributed by atoms with Gasteiger partial charge in [-0.05, 0) is 18.2 Å². The number of benzene rings is 1. The van der Waals surface area contributed by atoms with Crippen molar-refractivity contribution in [1.82, 2.24) is 24.6 Å². The normalized spacial score (nSPS) is 14.2. The highest BCUT2D eigenvalue weighted by molar-refractivity contribution is 5.97. The summed E-state index contributed by atoms with van der Waals surface area (Å²) in [5.74, 6) is -1.38. The Labute approximate surface area is 145 Å². The Kier molecular flexibility index (Phi) is 3.72. The molecule has 0 bridgehead atoms. The maximum Gasteiger partial charge on any atom is 0.449 e. The molecular weight excluding hydrogens is 351 g/mol. The molecule has 0 radical (unpaired) electrons. The number of imidazole rings is 1. The third-order valence-electron chi connectivity index (χ3n) is 4.33. The van der Waals surface area contributed by atoms with E-state index in [-0.39, 0.29) is 29.1 Å². The number of aromatic nitrogens is 4. The maximum atomic E-state index is 12.8. The summed E-state index contributed by atoms with van der Waals surface area (Å²) in [5.41, 5.74) is 2.34. The van der Waals surface area contributed by atoms with Gasteiger partial charge in [-0.2, -0.15) is 18.3 Å². The molecule has 1 amide bonds. The van der Waals surface area contributed by atoms with Crippen molar-refractivity contribution in [1.29, 1.82) is 0 Å². The number of carbonyl (C=O) groups excluding carboxylic acids is 1. The number of aliphatic hydroxyl groups is 1. The first-order chi connectivity index (χ1) is 12.4. The fraction of sp³-hybridized carbons (Fsp3) is 0.312. The second kappa shape index (κ2) is 5.84. The Bertz CT molecular complexity index is 992.